The Morgan fingerprint density at radius 1 is 1.35 bits per heavy atom. The molecule has 2 fully saturated rings. The van der Waals surface area contributed by atoms with Crippen molar-refractivity contribution in [2.24, 2.45) is 16.6 Å². The molecular weight excluding hydrogens is 348 g/mol. The molecule has 5 nitrogen and oxygen atoms in total. The van der Waals surface area contributed by atoms with Crippen LogP contribution in [-0.2, 0) is 10.2 Å². The molecule has 1 aliphatic heterocycles. The number of carbonyl (C=O) groups is 1. The van der Waals surface area contributed by atoms with Crippen LogP contribution in [0.15, 0.2) is 29.3 Å². The van der Waals surface area contributed by atoms with Crippen LogP contribution in [0, 0.1) is 5.92 Å². The maximum absolute atomic E-state index is 11.2. The molecule has 1 saturated heterocycles. The summed E-state index contributed by atoms with van der Waals surface area (Å²) in [5.41, 5.74) is 6.90. The molecule has 1 aliphatic carbocycles. The van der Waals surface area contributed by atoms with E-state index in [1.807, 2.05) is 19.2 Å². The number of rotatable bonds is 5. The smallest absolute Gasteiger partial charge is 0.217 e. The summed E-state index contributed by atoms with van der Waals surface area (Å²) in [6, 6.07) is 8.25. The average Bonchev–Trinajstić information content (AvgIpc) is 2.58. The minimum absolute atomic E-state index is 0.170. The van der Waals surface area contributed by atoms with Gasteiger partial charge in [-0.15, -0.1) is 0 Å². The Kier molecular flexibility index (Phi) is 6.07. The van der Waals surface area contributed by atoms with E-state index in [1.165, 1.54) is 24.8 Å². The van der Waals surface area contributed by atoms with E-state index in [4.69, 9.17) is 17.3 Å². The van der Waals surface area contributed by atoms with E-state index in [0.717, 1.165) is 43.5 Å². The van der Waals surface area contributed by atoms with Gasteiger partial charge in [0, 0.05) is 43.5 Å². The monoisotopic (exact) mass is 376 g/mol. The normalized spacial score (nSPS) is 22.6. The summed E-state index contributed by atoms with van der Waals surface area (Å²) in [5.74, 6) is 1.05. The molecule has 1 atom stereocenters. The predicted molar refractivity (Wildman–Crippen MR) is 106 cm³/mol. The van der Waals surface area contributed by atoms with Gasteiger partial charge in [0.1, 0.15) is 0 Å². The van der Waals surface area contributed by atoms with Crippen molar-refractivity contribution >= 4 is 23.5 Å². The predicted octanol–water partition coefficient (Wildman–Crippen LogP) is 2.92. The van der Waals surface area contributed by atoms with Crippen LogP contribution in [0.4, 0.5) is 0 Å². The molecule has 2 aliphatic rings. The van der Waals surface area contributed by atoms with Crippen LogP contribution < -0.4 is 11.1 Å². The molecule has 6 heteroatoms. The van der Waals surface area contributed by atoms with Crippen LogP contribution in [0.3, 0.4) is 0 Å². The first-order valence-corrected chi connectivity index (χ1v) is 9.90. The number of likely N-dealkylation sites (tertiary alicyclic amines) is 1. The Morgan fingerprint density at radius 2 is 2.08 bits per heavy atom. The molecule has 0 bridgehead atoms. The summed E-state index contributed by atoms with van der Waals surface area (Å²) >= 11 is 6.05. The van der Waals surface area contributed by atoms with Crippen molar-refractivity contribution in [3.63, 3.8) is 0 Å². The van der Waals surface area contributed by atoms with Gasteiger partial charge in [-0.2, -0.15) is 0 Å². The number of halogens is 1. The van der Waals surface area contributed by atoms with Crippen LogP contribution in [-0.4, -0.2) is 43.4 Å². The lowest BCUT2D eigenvalue weighted by atomic mass is 9.64. The molecule has 26 heavy (non-hydrogen) atoms. The highest BCUT2D eigenvalue weighted by molar-refractivity contribution is 6.30. The van der Waals surface area contributed by atoms with Gasteiger partial charge in [0.15, 0.2) is 5.96 Å². The van der Waals surface area contributed by atoms with E-state index in [0.29, 0.717) is 12.3 Å². The molecule has 1 saturated carbocycles. The topological polar surface area (TPSA) is 70.7 Å². The van der Waals surface area contributed by atoms with Crippen molar-refractivity contribution in [2.45, 2.75) is 43.9 Å². The van der Waals surface area contributed by atoms with Gasteiger partial charge >= 0.3 is 0 Å². The van der Waals surface area contributed by atoms with Gasteiger partial charge < -0.3 is 16.0 Å². The minimum atomic E-state index is -0.212. The Hall–Kier alpha value is -1.75. The van der Waals surface area contributed by atoms with Crippen molar-refractivity contribution in [3.8, 4) is 0 Å². The lowest BCUT2D eigenvalue weighted by Gasteiger charge is -2.44. The molecule has 1 heterocycles. The standard InChI is InChI=1S/C20H29ClN4O/c1-23-19(25-11-2-4-15(13-25)12-18(22)26)24-14-20(9-3-10-20)16-5-7-17(21)8-6-16/h5-8,15H,2-4,9-14H2,1H3,(H2,22,26)(H,23,24). The first-order valence-electron chi connectivity index (χ1n) is 9.52. The summed E-state index contributed by atoms with van der Waals surface area (Å²) < 4.78 is 0. The van der Waals surface area contributed by atoms with Gasteiger partial charge in [-0.25, -0.2) is 0 Å². The quantitative estimate of drug-likeness (QED) is 0.613. The van der Waals surface area contributed by atoms with Gasteiger partial charge in [0.2, 0.25) is 5.91 Å². The van der Waals surface area contributed by atoms with Crippen LogP contribution in [0.2, 0.25) is 5.02 Å². The summed E-state index contributed by atoms with van der Waals surface area (Å²) in [5, 5.41) is 4.37. The van der Waals surface area contributed by atoms with Gasteiger partial charge in [-0.3, -0.25) is 9.79 Å². The number of carbonyl (C=O) groups excluding carboxylic acids is 1. The lowest BCUT2D eigenvalue weighted by molar-refractivity contribution is -0.119. The summed E-state index contributed by atoms with van der Waals surface area (Å²) in [6.45, 7) is 2.69. The van der Waals surface area contributed by atoms with Crippen LogP contribution in [0.1, 0.15) is 44.1 Å². The second-order valence-corrected chi connectivity index (χ2v) is 8.10. The third kappa shape index (κ3) is 4.32. The molecule has 0 aromatic heterocycles. The number of hydrogen-bond acceptors (Lipinski definition) is 2. The number of guanidine groups is 1. The van der Waals surface area contributed by atoms with Gasteiger partial charge in [0.25, 0.3) is 0 Å². The molecule has 142 valence electrons. The third-order valence-electron chi connectivity index (χ3n) is 5.87. The number of nitrogens with zero attached hydrogens (tertiary/aromatic N) is 2. The van der Waals surface area contributed by atoms with Gasteiger partial charge in [-0.1, -0.05) is 30.2 Å². The van der Waals surface area contributed by atoms with E-state index in [1.54, 1.807) is 0 Å². The van der Waals surface area contributed by atoms with Crippen molar-refractivity contribution in [2.75, 3.05) is 26.7 Å². The Labute approximate surface area is 161 Å². The summed E-state index contributed by atoms with van der Waals surface area (Å²) in [7, 11) is 1.83. The molecular formula is C20H29ClN4O. The maximum atomic E-state index is 11.2. The van der Waals surface area contributed by atoms with E-state index >= 15 is 0 Å². The number of aliphatic imine (C=N–C) groups is 1. The highest BCUT2D eigenvalue weighted by atomic mass is 35.5. The number of primary amides is 1. The number of amides is 1. The zero-order chi connectivity index (χ0) is 18.6. The Morgan fingerprint density at radius 3 is 2.65 bits per heavy atom. The fourth-order valence-electron chi connectivity index (χ4n) is 4.26. The van der Waals surface area contributed by atoms with Crippen LogP contribution in [0.25, 0.3) is 0 Å². The zero-order valence-corrected chi connectivity index (χ0v) is 16.3. The molecule has 0 spiro atoms. The minimum Gasteiger partial charge on any atom is -0.370 e. The largest absolute Gasteiger partial charge is 0.370 e. The first kappa shape index (κ1) is 19.0. The molecule has 3 rings (SSSR count). The highest BCUT2D eigenvalue weighted by Gasteiger charge is 2.39. The highest BCUT2D eigenvalue weighted by Crippen LogP contribution is 2.43. The second-order valence-electron chi connectivity index (χ2n) is 7.67. The Bertz CT molecular complexity index is 654. The number of benzene rings is 1. The van der Waals surface area contributed by atoms with Crippen LogP contribution in [0.5, 0.6) is 0 Å². The second kappa shape index (κ2) is 8.30. The van der Waals surface area contributed by atoms with Gasteiger partial charge in [0.05, 0.1) is 0 Å². The molecule has 1 aromatic carbocycles. The van der Waals surface area contributed by atoms with Crippen LogP contribution >= 0.6 is 11.6 Å². The molecule has 0 radical (unpaired) electrons. The maximum Gasteiger partial charge on any atom is 0.217 e. The SMILES string of the molecule is CN=C(NCC1(c2ccc(Cl)cc2)CCC1)N1CCCC(CC(N)=O)C1. The zero-order valence-electron chi connectivity index (χ0n) is 15.5. The van der Waals surface area contributed by atoms with E-state index in [2.05, 4.69) is 27.3 Å². The third-order valence-corrected chi connectivity index (χ3v) is 6.12. The van der Waals surface area contributed by atoms with E-state index in [-0.39, 0.29) is 11.3 Å². The van der Waals surface area contributed by atoms with E-state index < -0.39 is 0 Å². The van der Waals surface area contributed by atoms with Crippen molar-refractivity contribution in [1.82, 2.24) is 10.2 Å². The molecule has 1 amide bonds. The Balaban J connectivity index is 1.63. The van der Waals surface area contributed by atoms with E-state index in [9.17, 15) is 4.79 Å². The summed E-state index contributed by atoms with van der Waals surface area (Å²) in [4.78, 5) is 18.0. The fourth-order valence-corrected chi connectivity index (χ4v) is 4.39. The average molecular weight is 377 g/mol. The fraction of sp³-hybridized carbons (Fsp3) is 0.600. The lowest BCUT2D eigenvalue weighted by Crippen LogP contribution is -2.52. The van der Waals surface area contributed by atoms with Gasteiger partial charge in [-0.05, 0) is 49.3 Å². The van der Waals surface area contributed by atoms with Crippen molar-refractivity contribution < 1.29 is 4.79 Å². The number of nitrogens with two attached hydrogens (primary N) is 1. The number of nitrogens with one attached hydrogen (secondary N) is 1. The summed E-state index contributed by atoms with van der Waals surface area (Å²) in [6.07, 6.45) is 6.22. The number of piperidine rings is 1. The van der Waals surface area contributed by atoms with Crippen molar-refractivity contribution in [1.29, 1.82) is 0 Å². The molecule has 3 N–H and O–H groups in total. The molecule has 1 unspecified atom stereocenters. The van der Waals surface area contributed by atoms with Crippen molar-refractivity contribution in [3.05, 3.63) is 34.9 Å². The first-order chi connectivity index (χ1) is 12.5. The molecule has 1 aromatic rings. The number of hydrogen-bond donors (Lipinski definition) is 2.